The molecular formula is C25H25ClN3O2+. The summed E-state index contributed by atoms with van der Waals surface area (Å²) in [4.78, 5) is 3.27. The molecule has 0 saturated carbocycles. The summed E-state index contributed by atoms with van der Waals surface area (Å²) in [5.74, 6) is 1.63. The number of halogens is 1. The lowest BCUT2D eigenvalue weighted by atomic mass is 9.91. The van der Waals surface area contributed by atoms with Gasteiger partial charge in [-0.1, -0.05) is 42.3 Å². The van der Waals surface area contributed by atoms with Gasteiger partial charge in [0.25, 0.3) is 5.82 Å². The van der Waals surface area contributed by atoms with Gasteiger partial charge in [0, 0.05) is 28.1 Å². The molecule has 158 valence electrons. The topological polar surface area (TPSA) is 82.4 Å². The van der Waals surface area contributed by atoms with E-state index in [1.807, 2.05) is 42.5 Å². The number of pyridine rings is 1. The van der Waals surface area contributed by atoms with E-state index in [-0.39, 0.29) is 0 Å². The highest BCUT2D eigenvalue weighted by Gasteiger charge is 2.25. The molecule has 5 nitrogen and oxygen atoms in total. The van der Waals surface area contributed by atoms with Gasteiger partial charge in [-0.3, -0.25) is 5.73 Å². The fourth-order valence-corrected chi connectivity index (χ4v) is 4.34. The van der Waals surface area contributed by atoms with Crippen LogP contribution in [0.2, 0.25) is 5.02 Å². The third-order valence-electron chi connectivity index (χ3n) is 5.73. The van der Waals surface area contributed by atoms with Gasteiger partial charge >= 0.3 is 0 Å². The lowest BCUT2D eigenvalue weighted by Gasteiger charge is -2.16. The number of aromatic amines is 1. The molecule has 0 spiro atoms. The van der Waals surface area contributed by atoms with Gasteiger partial charge in [-0.25, -0.2) is 4.98 Å². The van der Waals surface area contributed by atoms with Crippen molar-refractivity contribution in [3.8, 4) is 28.7 Å². The van der Waals surface area contributed by atoms with E-state index in [0.29, 0.717) is 34.5 Å². The van der Waals surface area contributed by atoms with E-state index in [2.05, 4.69) is 11.1 Å². The minimum absolute atomic E-state index is 0.335. The van der Waals surface area contributed by atoms with Crippen molar-refractivity contribution in [1.82, 2.24) is 0 Å². The Labute approximate surface area is 187 Å². The molecule has 2 aromatic carbocycles. The molecule has 0 radical (unpaired) electrons. The normalized spacial score (nSPS) is 13.1. The summed E-state index contributed by atoms with van der Waals surface area (Å²) >= 11 is 6.24. The number of anilines is 1. The number of nitrogens with two attached hydrogens (primary N) is 1. The number of hydrogen-bond acceptors (Lipinski definition) is 4. The molecule has 4 rings (SSSR count). The lowest BCUT2D eigenvalue weighted by Crippen LogP contribution is -2.21. The maximum atomic E-state index is 9.83. The van der Waals surface area contributed by atoms with Crippen molar-refractivity contribution in [2.75, 3.05) is 12.8 Å². The van der Waals surface area contributed by atoms with E-state index in [0.717, 1.165) is 48.1 Å². The largest absolute Gasteiger partial charge is 0.493 e. The van der Waals surface area contributed by atoms with Crippen LogP contribution in [0.4, 0.5) is 5.82 Å². The van der Waals surface area contributed by atoms with Crippen molar-refractivity contribution >= 4 is 17.4 Å². The second kappa shape index (κ2) is 9.28. The number of hydrogen-bond donors (Lipinski definition) is 1. The lowest BCUT2D eigenvalue weighted by molar-refractivity contribution is -0.373. The zero-order valence-electron chi connectivity index (χ0n) is 17.5. The first kappa shape index (κ1) is 21.0. The molecule has 1 aromatic heterocycles. The molecule has 0 atom stereocenters. The smallest absolute Gasteiger partial charge is 0.289 e. The van der Waals surface area contributed by atoms with Crippen LogP contribution in [0.3, 0.4) is 0 Å². The number of H-pyrrole nitrogens is 1. The minimum atomic E-state index is 0.335. The van der Waals surface area contributed by atoms with E-state index < -0.39 is 0 Å². The van der Waals surface area contributed by atoms with Gasteiger partial charge in [0.1, 0.15) is 23.9 Å². The molecule has 6 heteroatoms. The minimum Gasteiger partial charge on any atom is -0.493 e. The van der Waals surface area contributed by atoms with E-state index >= 15 is 0 Å². The quantitative estimate of drug-likeness (QED) is 0.564. The third-order valence-corrected chi connectivity index (χ3v) is 6.10. The van der Waals surface area contributed by atoms with E-state index in [1.54, 1.807) is 7.11 Å². The van der Waals surface area contributed by atoms with Crippen LogP contribution in [-0.2, 0) is 19.4 Å². The standard InChI is InChI=1S/C25H24ClN3O2/c1-30-23-13-16(11-12-22(23)31-15-17-7-5-6-9-20(17)26)24-18-8-3-2-4-10-21(18)29-25(28)19(24)14-27/h5-7,9,11-13H,2-4,8,10,15H2,1H3,(H2,28,29)/p+1. The molecule has 0 aliphatic heterocycles. The van der Waals surface area contributed by atoms with Crippen molar-refractivity contribution in [2.45, 2.75) is 38.7 Å². The maximum absolute atomic E-state index is 9.83. The van der Waals surface area contributed by atoms with Crippen LogP contribution >= 0.6 is 11.6 Å². The number of methoxy groups -OCH3 is 1. The SMILES string of the molecule is COc1cc(-c2c(C#N)c(N)[nH+]c3c2CCCCC3)ccc1OCc1ccccc1Cl. The molecule has 3 aromatic rings. The Morgan fingerprint density at radius 3 is 2.68 bits per heavy atom. The summed E-state index contributed by atoms with van der Waals surface area (Å²) in [5, 5.41) is 10.5. The van der Waals surface area contributed by atoms with Crippen molar-refractivity contribution in [3.63, 3.8) is 0 Å². The van der Waals surface area contributed by atoms with E-state index in [9.17, 15) is 5.26 Å². The number of fused-ring (bicyclic) bond motifs is 1. The number of aryl methyl sites for hydroxylation is 1. The highest BCUT2D eigenvalue weighted by molar-refractivity contribution is 6.31. The number of benzene rings is 2. The molecule has 1 heterocycles. The first-order valence-corrected chi connectivity index (χ1v) is 10.8. The Bertz CT molecular complexity index is 1150. The van der Waals surface area contributed by atoms with Crippen LogP contribution < -0.4 is 20.2 Å². The monoisotopic (exact) mass is 434 g/mol. The summed E-state index contributed by atoms with van der Waals surface area (Å²) in [7, 11) is 1.61. The molecule has 1 aliphatic carbocycles. The number of nitriles is 1. The molecule has 0 amide bonds. The first-order valence-electron chi connectivity index (χ1n) is 10.4. The van der Waals surface area contributed by atoms with Gasteiger partial charge in [0.2, 0.25) is 0 Å². The number of nitrogens with one attached hydrogen (secondary N) is 1. The Balaban J connectivity index is 1.74. The highest BCUT2D eigenvalue weighted by atomic mass is 35.5. The van der Waals surface area contributed by atoms with Crippen LogP contribution in [-0.4, -0.2) is 7.11 Å². The van der Waals surface area contributed by atoms with Gasteiger partial charge in [-0.05, 0) is 43.0 Å². The zero-order chi connectivity index (χ0) is 21.8. The number of ether oxygens (including phenoxy) is 2. The number of nitrogen functional groups attached to an aromatic ring is 1. The second-order valence-electron chi connectivity index (χ2n) is 7.66. The summed E-state index contributed by atoms with van der Waals surface area (Å²) in [6.07, 6.45) is 5.24. The molecular weight excluding hydrogens is 410 g/mol. The maximum Gasteiger partial charge on any atom is 0.289 e. The molecule has 1 aliphatic rings. The van der Waals surface area contributed by atoms with Crippen LogP contribution in [0.15, 0.2) is 42.5 Å². The van der Waals surface area contributed by atoms with Gasteiger partial charge in [-0.2, -0.15) is 5.26 Å². The third kappa shape index (κ3) is 4.30. The Morgan fingerprint density at radius 1 is 1.10 bits per heavy atom. The fourth-order valence-electron chi connectivity index (χ4n) is 4.15. The highest BCUT2D eigenvalue weighted by Crippen LogP contribution is 2.38. The van der Waals surface area contributed by atoms with Crippen molar-refractivity contribution in [2.24, 2.45) is 0 Å². The number of aromatic nitrogens is 1. The average Bonchev–Trinajstić information content (AvgIpc) is 3.02. The summed E-state index contributed by atoms with van der Waals surface area (Å²) < 4.78 is 11.6. The van der Waals surface area contributed by atoms with Gasteiger partial charge in [0.15, 0.2) is 11.5 Å². The Kier molecular flexibility index (Phi) is 6.29. The molecule has 0 bridgehead atoms. The number of nitrogens with zero attached hydrogens (tertiary/aromatic N) is 1. The summed E-state index contributed by atoms with van der Waals surface area (Å²) in [6.45, 7) is 0.335. The van der Waals surface area contributed by atoms with Crippen LogP contribution in [0, 0.1) is 11.3 Å². The second-order valence-corrected chi connectivity index (χ2v) is 8.07. The first-order chi connectivity index (χ1) is 15.1. The van der Waals surface area contributed by atoms with Gasteiger partial charge in [0.05, 0.1) is 7.11 Å². The zero-order valence-corrected chi connectivity index (χ0v) is 18.3. The van der Waals surface area contributed by atoms with Crippen LogP contribution in [0.25, 0.3) is 11.1 Å². The van der Waals surface area contributed by atoms with Crippen molar-refractivity contribution in [3.05, 3.63) is 69.9 Å². The Hall–Kier alpha value is -3.23. The predicted octanol–water partition coefficient (Wildman–Crippen LogP) is 5.13. The van der Waals surface area contributed by atoms with Crippen molar-refractivity contribution < 1.29 is 14.5 Å². The molecule has 0 fully saturated rings. The molecule has 0 unspecified atom stereocenters. The van der Waals surface area contributed by atoms with Crippen LogP contribution in [0.1, 0.15) is 41.6 Å². The fraction of sp³-hybridized carbons (Fsp3) is 0.280. The summed E-state index contributed by atoms with van der Waals surface area (Å²) in [6, 6.07) is 15.6. The Morgan fingerprint density at radius 2 is 1.90 bits per heavy atom. The van der Waals surface area contributed by atoms with Gasteiger partial charge < -0.3 is 9.47 Å². The van der Waals surface area contributed by atoms with Crippen LogP contribution in [0.5, 0.6) is 11.5 Å². The van der Waals surface area contributed by atoms with Gasteiger partial charge in [-0.15, -0.1) is 0 Å². The van der Waals surface area contributed by atoms with E-state index in [4.69, 9.17) is 26.8 Å². The summed E-state index contributed by atoms with van der Waals surface area (Å²) in [5.41, 5.74) is 11.7. The predicted molar refractivity (Wildman–Crippen MR) is 121 cm³/mol. The van der Waals surface area contributed by atoms with E-state index in [1.165, 1.54) is 12.0 Å². The molecule has 31 heavy (non-hydrogen) atoms. The molecule has 0 saturated heterocycles. The average molecular weight is 435 g/mol. The molecule has 3 N–H and O–H groups in total. The number of rotatable bonds is 5. The van der Waals surface area contributed by atoms with Crippen molar-refractivity contribution in [1.29, 1.82) is 5.26 Å².